The van der Waals surface area contributed by atoms with Gasteiger partial charge in [0.2, 0.25) is 0 Å². The van der Waals surface area contributed by atoms with E-state index in [2.05, 4.69) is 22.7 Å². The summed E-state index contributed by atoms with van der Waals surface area (Å²) in [5, 5.41) is 13.9. The summed E-state index contributed by atoms with van der Waals surface area (Å²) in [5.74, 6) is 0.691. The van der Waals surface area contributed by atoms with Gasteiger partial charge in [-0.3, -0.25) is 4.68 Å². The first-order valence-electron chi connectivity index (χ1n) is 6.24. The van der Waals surface area contributed by atoms with Crippen LogP contribution < -0.4 is 4.74 Å². The van der Waals surface area contributed by atoms with Gasteiger partial charge in [-0.2, -0.15) is 10.4 Å². The van der Waals surface area contributed by atoms with Gasteiger partial charge in [0, 0.05) is 5.56 Å². The van der Waals surface area contributed by atoms with Gasteiger partial charge in [-0.25, -0.2) is 4.98 Å². The lowest BCUT2D eigenvalue weighted by molar-refractivity contribution is 0.376. The third-order valence-electron chi connectivity index (χ3n) is 3.23. The van der Waals surface area contributed by atoms with E-state index in [9.17, 15) is 5.26 Å². The van der Waals surface area contributed by atoms with Gasteiger partial charge in [0.05, 0.1) is 19.7 Å². The average molecular weight is 268 g/mol. The zero-order valence-electron chi connectivity index (χ0n) is 11.4. The number of nitriles is 1. The molecular weight excluding hydrogens is 252 g/mol. The predicted octanol–water partition coefficient (Wildman–Crippen LogP) is 2.32. The van der Waals surface area contributed by atoms with Crippen molar-refractivity contribution in [2.75, 3.05) is 7.11 Å². The Morgan fingerprint density at radius 3 is 2.90 bits per heavy atom. The molecule has 2 rings (SSSR count). The van der Waals surface area contributed by atoms with Crippen molar-refractivity contribution in [3.8, 4) is 11.8 Å². The highest BCUT2D eigenvalue weighted by atomic mass is 16.5. The van der Waals surface area contributed by atoms with E-state index < -0.39 is 5.41 Å². The van der Waals surface area contributed by atoms with Gasteiger partial charge in [-0.05, 0) is 12.5 Å². The van der Waals surface area contributed by atoms with Crippen LogP contribution in [0.25, 0.3) is 0 Å². The summed E-state index contributed by atoms with van der Waals surface area (Å²) in [7, 11) is 1.60. The van der Waals surface area contributed by atoms with Crippen LogP contribution in [0.2, 0.25) is 0 Å². The fourth-order valence-electron chi connectivity index (χ4n) is 2.28. The third-order valence-corrected chi connectivity index (χ3v) is 3.23. The summed E-state index contributed by atoms with van der Waals surface area (Å²) >= 11 is 0. The minimum absolute atomic E-state index is 0.399. The van der Waals surface area contributed by atoms with Crippen LogP contribution in [0.5, 0.6) is 5.75 Å². The van der Waals surface area contributed by atoms with Gasteiger partial charge >= 0.3 is 0 Å². The summed E-state index contributed by atoms with van der Waals surface area (Å²) in [6.45, 7) is 4.17. The largest absolute Gasteiger partial charge is 0.496 e. The summed E-state index contributed by atoms with van der Waals surface area (Å²) in [6, 6.07) is 9.94. The number of benzene rings is 1. The number of hydrogen-bond donors (Lipinski definition) is 0. The van der Waals surface area contributed by atoms with E-state index in [1.807, 2.05) is 24.3 Å². The van der Waals surface area contributed by atoms with Crippen LogP contribution in [-0.4, -0.2) is 21.9 Å². The fraction of sp³-hybridized carbons (Fsp3) is 0.267. The highest BCUT2D eigenvalue weighted by Crippen LogP contribution is 2.36. The molecule has 0 aliphatic heterocycles. The maximum Gasteiger partial charge on any atom is 0.137 e. The Kier molecular flexibility index (Phi) is 4.16. The smallest absolute Gasteiger partial charge is 0.137 e. The normalized spacial score (nSPS) is 13.2. The maximum absolute atomic E-state index is 9.77. The third kappa shape index (κ3) is 2.54. The minimum atomic E-state index is -0.776. The van der Waals surface area contributed by atoms with Crippen LogP contribution in [0.3, 0.4) is 0 Å². The molecule has 1 aromatic heterocycles. The molecular formula is C15H16N4O. The first-order valence-corrected chi connectivity index (χ1v) is 6.24. The molecule has 1 atom stereocenters. The molecule has 1 heterocycles. The van der Waals surface area contributed by atoms with Gasteiger partial charge in [0.15, 0.2) is 0 Å². The van der Waals surface area contributed by atoms with Crippen molar-refractivity contribution in [3.05, 3.63) is 55.1 Å². The second kappa shape index (κ2) is 6.02. The number of hydrogen-bond acceptors (Lipinski definition) is 4. The Morgan fingerprint density at radius 2 is 2.30 bits per heavy atom. The molecule has 0 amide bonds. The zero-order chi connectivity index (χ0) is 14.4. The predicted molar refractivity (Wildman–Crippen MR) is 75.1 cm³/mol. The number of allylic oxidation sites excluding steroid dienone is 1. The molecule has 0 fully saturated rings. The zero-order valence-corrected chi connectivity index (χ0v) is 11.4. The van der Waals surface area contributed by atoms with E-state index in [1.54, 1.807) is 24.2 Å². The lowest BCUT2D eigenvalue weighted by Crippen LogP contribution is -2.30. The summed E-state index contributed by atoms with van der Waals surface area (Å²) in [4.78, 5) is 3.92. The van der Waals surface area contributed by atoms with Crippen molar-refractivity contribution in [1.82, 2.24) is 14.8 Å². The molecule has 0 spiro atoms. The Hall–Kier alpha value is -2.61. The second-order valence-corrected chi connectivity index (χ2v) is 4.48. The van der Waals surface area contributed by atoms with Crippen molar-refractivity contribution in [2.45, 2.75) is 18.4 Å². The lowest BCUT2D eigenvalue weighted by atomic mass is 9.78. The summed E-state index contributed by atoms with van der Waals surface area (Å²) in [5.41, 5.74) is 0.0580. The molecule has 0 bridgehead atoms. The van der Waals surface area contributed by atoms with Gasteiger partial charge in [-0.15, -0.1) is 6.58 Å². The molecule has 0 aliphatic rings. The van der Waals surface area contributed by atoms with Crippen LogP contribution in [0.1, 0.15) is 12.0 Å². The average Bonchev–Trinajstić information content (AvgIpc) is 2.99. The molecule has 2 aromatic rings. The van der Waals surface area contributed by atoms with E-state index >= 15 is 0 Å². The topological polar surface area (TPSA) is 63.7 Å². The van der Waals surface area contributed by atoms with E-state index in [0.29, 0.717) is 18.7 Å². The number of rotatable bonds is 6. The van der Waals surface area contributed by atoms with Crippen LogP contribution in [0, 0.1) is 11.3 Å². The first kappa shape index (κ1) is 13.8. The molecule has 1 unspecified atom stereocenters. The summed E-state index contributed by atoms with van der Waals surface area (Å²) in [6.07, 6.45) is 5.30. The van der Waals surface area contributed by atoms with Gasteiger partial charge < -0.3 is 4.74 Å². The molecule has 0 N–H and O–H groups in total. The maximum atomic E-state index is 9.77. The Balaban J connectivity index is 2.51. The SMILES string of the molecule is C=CCC(C#N)(Cn1cncn1)c1ccccc1OC. The van der Waals surface area contributed by atoms with E-state index in [-0.39, 0.29) is 0 Å². The van der Waals surface area contributed by atoms with E-state index in [0.717, 1.165) is 5.56 Å². The Labute approximate surface area is 118 Å². The number of methoxy groups -OCH3 is 1. The molecule has 0 radical (unpaired) electrons. The summed E-state index contributed by atoms with van der Waals surface area (Å²) < 4.78 is 7.04. The van der Waals surface area contributed by atoms with Gasteiger partial charge in [0.1, 0.15) is 23.8 Å². The number of ether oxygens (including phenoxy) is 1. The van der Waals surface area contributed by atoms with Crippen molar-refractivity contribution in [2.24, 2.45) is 0 Å². The molecule has 102 valence electrons. The highest BCUT2D eigenvalue weighted by Gasteiger charge is 2.34. The Morgan fingerprint density at radius 1 is 1.50 bits per heavy atom. The van der Waals surface area contributed by atoms with Gasteiger partial charge in [0.25, 0.3) is 0 Å². The van der Waals surface area contributed by atoms with Crippen molar-refractivity contribution < 1.29 is 4.74 Å². The van der Waals surface area contributed by atoms with Gasteiger partial charge in [-0.1, -0.05) is 24.3 Å². The highest BCUT2D eigenvalue weighted by molar-refractivity contribution is 5.44. The quantitative estimate of drug-likeness (QED) is 0.754. The van der Waals surface area contributed by atoms with Crippen molar-refractivity contribution >= 4 is 0 Å². The van der Waals surface area contributed by atoms with E-state index in [1.165, 1.54) is 6.33 Å². The second-order valence-electron chi connectivity index (χ2n) is 4.48. The first-order chi connectivity index (χ1) is 9.75. The van der Waals surface area contributed by atoms with Crippen LogP contribution >= 0.6 is 0 Å². The lowest BCUT2D eigenvalue weighted by Gasteiger charge is -2.27. The molecule has 0 saturated carbocycles. The van der Waals surface area contributed by atoms with Crippen LogP contribution in [0.4, 0.5) is 0 Å². The van der Waals surface area contributed by atoms with Crippen LogP contribution in [-0.2, 0) is 12.0 Å². The Bertz CT molecular complexity index is 615. The molecule has 0 aliphatic carbocycles. The fourth-order valence-corrected chi connectivity index (χ4v) is 2.28. The number of para-hydroxylation sites is 1. The number of nitrogens with zero attached hydrogens (tertiary/aromatic N) is 4. The minimum Gasteiger partial charge on any atom is -0.496 e. The molecule has 1 aromatic carbocycles. The van der Waals surface area contributed by atoms with Crippen LogP contribution in [0.15, 0.2) is 49.6 Å². The van der Waals surface area contributed by atoms with Crippen molar-refractivity contribution in [1.29, 1.82) is 5.26 Å². The van der Waals surface area contributed by atoms with E-state index in [4.69, 9.17) is 4.74 Å². The molecule has 20 heavy (non-hydrogen) atoms. The number of aromatic nitrogens is 3. The standard InChI is InChI=1S/C15H16N4O/c1-3-8-15(9-16,10-19-12-17-11-18-19)13-6-4-5-7-14(13)20-2/h3-7,11-12H,1,8,10H2,2H3. The van der Waals surface area contributed by atoms with Crippen molar-refractivity contribution in [3.63, 3.8) is 0 Å². The molecule has 5 heteroatoms. The molecule has 0 saturated heterocycles. The molecule has 5 nitrogen and oxygen atoms in total. The monoisotopic (exact) mass is 268 g/mol.